The number of pyridine rings is 1. The van der Waals surface area contributed by atoms with Crippen LogP contribution in [-0.2, 0) is 6.54 Å². The van der Waals surface area contributed by atoms with Crippen LogP contribution in [-0.4, -0.2) is 10.5 Å². The van der Waals surface area contributed by atoms with E-state index in [1.54, 1.807) is 12.4 Å². The third-order valence-corrected chi connectivity index (χ3v) is 3.25. The fourth-order valence-corrected chi connectivity index (χ4v) is 1.90. The molecule has 4 heteroatoms. The van der Waals surface area contributed by atoms with E-state index < -0.39 is 0 Å². The van der Waals surface area contributed by atoms with Crippen molar-refractivity contribution in [3.8, 4) is 11.5 Å². The number of nitrogens with one attached hydrogen (secondary N) is 1. The topological polar surface area (TPSA) is 34.2 Å². The number of nitrogens with zero attached hydrogens (tertiary/aromatic N) is 1. The Hall–Kier alpha value is -1.39. The molecule has 0 aliphatic heterocycles. The van der Waals surface area contributed by atoms with Crippen molar-refractivity contribution >= 4 is 15.9 Å². The smallest absolute Gasteiger partial charge is 0.150 e. The zero-order valence-electron chi connectivity index (χ0n) is 12.0. The predicted octanol–water partition coefficient (Wildman–Crippen LogP) is 4.52. The monoisotopic (exact) mass is 334 g/mol. The summed E-state index contributed by atoms with van der Waals surface area (Å²) in [6.45, 7) is 7.17. The largest absolute Gasteiger partial charge is 0.455 e. The van der Waals surface area contributed by atoms with Crippen LogP contribution in [0.15, 0.2) is 47.2 Å². The molecule has 1 aromatic carbocycles. The van der Waals surface area contributed by atoms with Gasteiger partial charge in [0.25, 0.3) is 0 Å². The lowest BCUT2D eigenvalue weighted by Gasteiger charge is -2.21. The molecule has 20 heavy (non-hydrogen) atoms. The summed E-state index contributed by atoms with van der Waals surface area (Å²) >= 11 is 3.41. The summed E-state index contributed by atoms with van der Waals surface area (Å²) < 4.78 is 6.94. The Bertz CT molecular complexity index is 561. The van der Waals surface area contributed by atoms with E-state index in [0.29, 0.717) is 0 Å². The number of hydrogen-bond donors (Lipinski definition) is 1. The maximum Gasteiger partial charge on any atom is 0.150 e. The average Bonchev–Trinajstić information content (AvgIpc) is 2.39. The van der Waals surface area contributed by atoms with Crippen LogP contribution >= 0.6 is 15.9 Å². The Morgan fingerprint density at radius 3 is 2.50 bits per heavy atom. The van der Waals surface area contributed by atoms with Crippen molar-refractivity contribution in [1.82, 2.24) is 10.3 Å². The highest BCUT2D eigenvalue weighted by Crippen LogP contribution is 2.25. The molecule has 0 radical (unpaired) electrons. The molecule has 0 saturated carbocycles. The van der Waals surface area contributed by atoms with E-state index in [0.717, 1.165) is 28.1 Å². The molecule has 1 heterocycles. The van der Waals surface area contributed by atoms with Crippen LogP contribution in [0.3, 0.4) is 0 Å². The second-order valence-corrected chi connectivity index (χ2v) is 6.56. The van der Waals surface area contributed by atoms with E-state index in [4.69, 9.17) is 4.74 Å². The zero-order chi connectivity index (χ0) is 14.6. The average molecular weight is 335 g/mol. The van der Waals surface area contributed by atoms with Crippen molar-refractivity contribution in [2.45, 2.75) is 32.9 Å². The highest BCUT2D eigenvalue weighted by Gasteiger charge is 2.11. The summed E-state index contributed by atoms with van der Waals surface area (Å²) in [7, 11) is 0. The lowest BCUT2D eigenvalue weighted by Crippen LogP contribution is -2.35. The first-order valence-electron chi connectivity index (χ1n) is 6.55. The maximum atomic E-state index is 5.91. The Morgan fingerprint density at radius 1 is 1.15 bits per heavy atom. The van der Waals surface area contributed by atoms with Gasteiger partial charge in [-0.15, -0.1) is 0 Å². The molecule has 0 aliphatic rings. The fourth-order valence-electron chi connectivity index (χ4n) is 1.64. The van der Waals surface area contributed by atoms with E-state index in [1.807, 2.05) is 30.3 Å². The fraction of sp³-hybridized carbons (Fsp3) is 0.312. The van der Waals surface area contributed by atoms with Crippen LogP contribution in [0.5, 0.6) is 11.5 Å². The van der Waals surface area contributed by atoms with Crippen molar-refractivity contribution in [2.24, 2.45) is 0 Å². The Kier molecular flexibility index (Phi) is 4.78. The molecular weight excluding hydrogens is 316 g/mol. The van der Waals surface area contributed by atoms with Gasteiger partial charge in [-0.25, -0.2) is 0 Å². The van der Waals surface area contributed by atoms with Gasteiger partial charge in [0.2, 0.25) is 0 Å². The minimum Gasteiger partial charge on any atom is -0.455 e. The number of aromatic nitrogens is 1. The molecular formula is C16H19BrN2O. The van der Waals surface area contributed by atoms with Crippen LogP contribution in [0, 0.1) is 0 Å². The molecule has 2 rings (SSSR count). The van der Waals surface area contributed by atoms with Crippen LogP contribution in [0.1, 0.15) is 26.3 Å². The van der Waals surface area contributed by atoms with Crippen molar-refractivity contribution in [1.29, 1.82) is 0 Å². The number of ether oxygens (including phenoxy) is 1. The summed E-state index contributed by atoms with van der Waals surface area (Å²) in [5.41, 5.74) is 1.16. The minimum absolute atomic E-state index is 0.0676. The summed E-state index contributed by atoms with van der Waals surface area (Å²) in [6, 6.07) is 9.75. The molecule has 0 fully saturated rings. The molecule has 0 atom stereocenters. The Morgan fingerprint density at radius 2 is 1.85 bits per heavy atom. The van der Waals surface area contributed by atoms with Gasteiger partial charge in [-0.05, 0) is 51.1 Å². The van der Waals surface area contributed by atoms with Gasteiger partial charge in [0.05, 0.1) is 6.20 Å². The number of halogens is 1. The first kappa shape index (κ1) is 15.0. The number of hydrogen-bond acceptors (Lipinski definition) is 3. The second kappa shape index (κ2) is 6.37. The van der Waals surface area contributed by atoms with E-state index in [1.165, 1.54) is 0 Å². The Balaban J connectivity index is 2.13. The van der Waals surface area contributed by atoms with Crippen LogP contribution in [0.25, 0.3) is 0 Å². The second-order valence-electron chi connectivity index (χ2n) is 5.64. The lowest BCUT2D eigenvalue weighted by atomic mass is 10.1. The third kappa shape index (κ3) is 4.62. The molecule has 0 saturated heterocycles. The van der Waals surface area contributed by atoms with Gasteiger partial charge in [-0.1, -0.05) is 15.9 Å². The van der Waals surface area contributed by atoms with Gasteiger partial charge in [0, 0.05) is 28.3 Å². The van der Waals surface area contributed by atoms with Crippen molar-refractivity contribution in [3.63, 3.8) is 0 Å². The molecule has 0 amide bonds. The molecule has 1 aromatic heterocycles. The molecule has 0 unspecified atom stereocenters. The summed E-state index contributed by atoms with van der Waals surface area (Å²) in [5.74, 6) is 1.59. The first-order valence-corrected chi connectivity index (χ1v) is 7.35. The quantitative estimate of drug-likeness (QED) is 0.892. The van der Waals surface area contributed by atoms with Gasteiger partial charge in [-0.2, -0.15) is 0 Å². The van der Waals surface area contributed by atoms with Crippen molar-refractivity contribution in [3.05, 3.63) is 52.8 Å². The van der Waals surface area contributed by atoms with E-state index in [-0.39, 0.29) is 5.54 Å². The molecule has 0 spiro atoms. The SMILES string of the molecule is CC(C)(C)NCc1ccncc1Oc1ccc(Br)cc1. The summed E-state index contributed by atoms with van der Waals surface area (Å²) in [4.78, 5) is 4.14. The number of rotatable bonds is 4. The van der Waals surface area contributed by atoms with Crippen molar-refractivity contribution < 1.29 is 4.74 Å². The molecule has 1 N–H and O–H groups in total. The van der Waals surface area contributed by atoms with Gasteiger partial charge in [-0.3, -0.25) is 4.98 Å². The molecule has 3 nitrogen and oxygen atoms in total. The Labute approximate surface area is 128 Å². The standard InChI is InChI=1S/C16H19BrN2O/c1-16(2,3)19-10-12-8-9-18-11-15(12)20-14-6-4-13(17)5-7-14/h4-9,11,19H,10H2,1-3H3. The highest BCUT2D eigenvalue weighted by molar-refractivity contribution is 9.10. The molecule has 106 valence electrons. The van der Waals surface area contributed by atoms with E-state index in [2.05, 4.69) is 47.0 Å². The molecule has 0 aliphatic carbocycles. The summed E-state index contributed by atoms with van der Waals surface area (Å²) in [6.07, 6.45) is 3.54. The zero-order valence-corrected chi connectivity index (χ0v) is 13.6. The van der Waals surface area contributed by atoms with Gasteiger partial charge < -0.3 is 10.1 Å². The molecule has 0 bridgehead atoms. The van der Waals surface area contributed by atoms with Gasteiger partial charge in [0.1, 0.15) is 11.5 Å². The normalized spacial score (nSPS) is 11.4. The first-order chi connectivity index (χ1) is 9.44. The maximum absolute atomic E-state index is 5.91. The number of benzene rings is 1. The van der Waals surface area contributed by atoms with Crippen molar-refractivity contribution in [2.75, 3.05) is 0 Å². The molecule has 2 aromatic rings. The lowest BCUT2D eigenvalue weighted by molar-refractivity contribution is 0.413. The van der Waals surface area contributed by atoms with Crippen LogP contribution in [0.4, 0.5) is 0 Å². The predicted molar refractivity (Wildman–Crippen MR) is 85.0 cm³/mol. The van der Waals surface area contributed by atoms with Crippen LogP contribution in [0.2, 0.25) is 0 Å². The minimum atomic E-state index is 0.0676. The van der Waals surface area contributed by atoms with Gasteiger partial charge >= 0.3 is 0 Å². The summed E-state index contributed by atoms with van der Waals surface area (Å²) in [5, 5.41) is 3.46. The highest BCUT2D eigenvalue weighted by atomic mass is 79.9. The van der Waals surface area contributed by atoms with E-state index in [9.17, 15) is 0 Å². The van der Waals surface area contributed by atoms with Gasteiger partial charge in [0.15, 0.2) is 0 Å². The van der Waals surface area contributed by atoms with E-state index >= 15 is 0 Å². The van der Waals surface area contributed by atoms with Crippen LogP contribution < -0.4 is 10.1 Å². The third-order valence-electron chi connectivity index (χ3n) is 2.72.